The summed E-state index contributed by atoms with van der Waals surface area (Å²) in [5.41, 5.74) is 2.85. The standard InChI is InChI=1S/C20H18O/c1-2-8-15-13-14-19(18-12-7-6-11-17(15)18)20(21)16-9-4-3-5-10-16/h3-7,9-14H,2,8H2,1H3. The summed E-state index contributed by atoms with van der Waals surface area (Å²) in [4.78, 5) is 12.7. The van der Waals surface area contributed by atoms with E-state index in [4.69, 9.17) is 0 Å². The molecule has 0 radical (unpaired) electrons. The molecule has 0 aliphatic carbocycles. The quantitative estimate of drug-likeness (QED) is 0.610. The Kier molecular flexibility index (Phi) is 3.83. The second-order valence-electron chi connectivity index (χ2n) is 5.26. The Morgan fingerprint density at radius 3 is 2.19 bits per heavy atom. The van der Waals surface area contributed by atoms with Crippen LogP contribution in [0.4, 0.5) is 0 Å². The molecule has 1 heteroatoms. The molecule has 0 aliphatic heterocycles. The molecule has 0 unspecified atom stereocenters. The number of aryl methyl sites for hydroxylation is 1. The molecule has 1 nitrogen and oxygen atoms in total. The lowest BCUT2D eigenvalue weighted by atomic mass is 9.93. The SMILES string of the molecule is CCCc1ccc(C(=O)c2ccccc2)c2ccccc12. The fourth-order valence-electron chi connectivity index (χ4n) is 2.79. The van der Waals surface area contributed by atoms with Crippen LogP contribution in [0.5, 0.6) is 0 Å². The number of carbonyl (C=O) groups excluding carboxylic acids is 1. The summed E-state index contributed by atoms with van der Waals surface area (Å²) in [5, 5.41) is 2.25. The normalized spacial score (nSPS) is 10.7. The van der Waals surface area contributed by atoms with Gasteiger partial charge in [-0.15, -0.1) is 0 Å². The molecule has 0 N–H and O–H groups in total. The summed E-state index contributed by atoms with van der Waals surface area (Å²) in [6, 6.07) is 21.8. The van der Waals surface area contributed by atoms with E-state index >= 15 is 0 Å². The van der Waals surface area contributed by atoms with Gasteiger partial charge in [0.05, 0.1) is 0 Å². The van der Waals surface area contributed by atoms with Crippen LogP contribution >= 0.6 is 0 Å². The van der Waals surface area contributed by atoms with Gasteiger partial charge in [0.2, 0.25) is 0 Å². The maximum Gasteiger partial charge on any atom is 0.193 e. The van der Waals surface area contributed by atoms with E-state index in [1.807, 2.05) is 54.6 Å². The van der Waals surface area contributed by atoms with E-state index < -0.39 is 0 Å². The third-order valence-electron chi connectivity index (χ3n) is 3.81. The zero-order valence-corrected chi connectivity index (χ0v) is 12.2. The molecule has 21 heavy (non-hydrogen) atoms. The van der Waals surface area contributed by atoms with Gasteiger partial charge in [0.15, 0.2) is 5.78 Å². The predicted octanol–water partition coefficient (Wildman–Crippen LogP) is 5.02. The van der Waals surface area contributed by atoms with Crippen LogP contribution in [-0.4, -0.2) is 5.78 Å². The van der Waals surface area contributed by atoms with Crippen molar-refractivity contribution in [3.8, 4) is 0 Å². The maximum atomic E-state index is 12.7. The van der Waals surface area contributed by atoms with E-state index in [1.54, 1.807) is 0 Å². The second-order valence-corrected chi connectivity index (χ2v) is 5.26. The fraction of sp³-hybridized carbons (Fsp3) is 0.150. The molecule has 0 aromatic heterocycles. The van der Waals surface area contributed by atoms with Crippen molar-refractivity contribution in [2.75, 3.05) is 0 Å². The molecule has 3 rings (SSSR count). The van der Waals surface area contributed by atoms with Crippen LogP contribution in [0.1, 0.15) is 34.8 Å². The lowest BCUT2D eigenvalue weighted by Crippen LogP contribution is -2.03. The van der Waals surface area contributed by atoms with Gasteiger partial charge in [-0.1, -0.05) is 80.1 Å². The minimum absolute atomic E-state index is 0.0925. The van der Waals surface area contributed by atoms with E-state index in [9.17, 15) is 4.79 Å². The molecule has 3 aromatic carbocycles. The van der Waals surface area contributed by atoms with Crippen LogP contribution < -0.4 is 0 Å². The summed E-state index contributed by atoms with van der Waals surface area (Å²) in [7, 11) is 0. The number of carbonyl (C=O) groups is 1. The highest BCUT2D eigenvalue weighted by atomic mass is 16.1. The van der Waals surface area contributed by atoms with E-state index in [1.165, 1.54) is 10.9 Å². The first-order chi connectivity index (χ1) is 10.3. The average Bonchev–Trinajstić information content (AvgIpc) is 2.56. The van der Waals surface area contributed by atoms with Crippen LogP contribution in [0.15, 0.2) is 66.7 Å². The highest BCUT2D eigenvalue weighted by Gasteiger charge is 2.13. The predicted molar refractivity (Wildman–Crippen MR) is 87.8 cm³/mol. The van der Waals surface area contributed by atoms with Crippen molar-refractivity contribution in [1.82, 2.24) is 0 Å². The minimum Gasteiger partial charge on any atom is -0.289 e. The topological polar surface area (TPSA) is 17.1 Å². The molecule has 0 amide bonds. The number of hydrogen-bond donors (Lipinski definition) is 0. The summed E-state index contributed by atoms with van der Waals surface area (Å²) in [6.45, 7) is 2.18. The fourth-order valence-corrected chi connectivity index (χ4v) is 2.79. The third-order valence-corrected chi connectivity index (χ3v) is 3.81. The molecule has 0 saturated carbocycles. The van der Waals surface area contributed by atoms with Crippen LogP contribution in [0.25, 0.3) is 10.8 Å². The summed E-state index contributed by atoms with van der Waals surface area (Å²) >= 11 is 0. The summed E-state index contributed by atoms with van der Waals surface area (Å²) in [5.74, 6) is 0.0925. The maximum absolute atomic E-state index is 12.7. The Morgan fingerprint density at radius 1 is 0.810 bits per heavy atom. The van der Waals surface area contributed by atoms with Gasteiger partial charge in [-0.2, -0.15) is 0 Å². The van der Waals surface area contributed by atoms with E-state index in [0.29, 0.717) is 0 Å². The first-order valence-electron chi connectivity index (χ1n) is 7.41. The van der Waals surface area contributed by atoms with Gasteiger partial charge < -0.3 is 0 Å². The zero-order chi connectivity index (χ0) is 14.7. The molecule has 0 bridgehead atoms. The Balaban J connectivity index is 2.16. The van der Waals surface area contributed by atoms with Crippen molar-refractivity contribution in [2.45, 2.75) is 19.8 Å². The highest BCUT2D eigenvalue weighted by Crippen LogP contribution is 2.25. The van der Waals surface area contributed by atoms with E-state index in [-0.39, 0.29) is 5.78 Å². The van der Waals surface area contributed by atoms with Crippen LogP contribution in [-0.2, 0) is 6.42 Å². The number of fused-ring (bicyclic) bond motifs is 1. The molecule has 3 aromatic rings. The highest BCUT2D eigenvalue weighted by molar-refractivity contribution is 6.16. The smallest absolute Gasteiger partial charge is 0.193 e. The molecular weight excluding hydrogens is 256 g/mol. The first kappa shape index (κ1) is 13.6. The van der Waals surface area contributed by atoms with E-state index in [2.05, 4.69) is 19.1 Å². The van der Waals surface area contributed by atoms with Crippen molar-refractivity contribution >= 4 is 16.6 Å². The second kappa shape index (κ2) is 5.92. The zero-order valence-electron chi connectivity index (χ0n) is 12.2. The van der Waals surface area contributed by atoms with Gasteiger partial charge in [0.1, 0.15) is 0 Å². The van der Waals surface area contributed by atoms with Gasteiger partial charge in [-0.25, -0.2) is 0 Å². The summed E-state index contributed by atoms with van der Waals surface area (Å²) in [6.07, 6.45) is 2.15. The lowest BCUT2D eigenvalue weighted by Gasteiger charge is -2.10. The monoisotopic (exact) mass is 274 g/mol. The van der Waals surface area contributed by atoms with Gasteiger partial charge in [-0.05, 0) is 22.8 Å². The van der Waals surface area contributed by atoms with Crippen molar-refractivity contribution in [1.29, 1.82) is 0 Å². The van der Waals surface area contributed by atoms with Crippen molar-refractivity contribution < 1.29 is 4.79 Å². The van der Waals surface area contributed by atoms with Gasteiger partial charge in [-0.3, -0.25) is 4.79 Å². The average molecular weight is 274 g/mol. The number of benzene rings is 3. The van der Waals surface area contributed by atoms with Crippen LogP contribution in [0, 0.1) is 0 Å². The molecular formula is C20H18O. The van der Waals surface area contributed by atoms with Crippen molar-refractivity contribution in [3.05, 3.63) is 83.4 Å². The van der Waals surface area contributed by atoms with Gasteiger partial charge >= 0.3 is 0 Å². The summed E-state index contributed by atoms with van der Waals surface area (Å²) < 4.78 is 0. The number of hydrogen-bond acceptors (Lipinski definition) is 1. The lowest BCUT2D eigenvalue weighted by molar-refractivity contribution is 0.104. The van der Waals surface area contributed by atoms with E-state index in [0.717, 1.165) is 29.4 Å². The molecule has 0 spiro atoms. The van der Waals surface area contributed by atoms with Gasteiger partial charge in [0.25, 0.3) is 0 Å². The molecule has 0 saturated heterocycles. The molecule has 0 aliphatic rings. The third kappa shape index (κ3) is 2.59. The Hall–Kier alpha value is -2.41. The molecule has 0 heterocycles. The largest absolute Gasteiger partial charge is 0.289 e. The molecule has 104 valence electrons. The minimum atomic E-state index is 0.0925. The molecule has 0 atom stereocenters. The van der Waals surface area contributed by atoms with Gasteiger partial charge in [0, 0.05) is 11.1 Å². The number of ketones is 1. The Bertz CT molecular complexity index is 772. The van der Waals surface area contributed by atoms with Crippen molar-refractivity contribution in [2.24, 2.45) is 0 Å². The Morgan fingerprint density at radius 2 is 1.48 bits per heavy atom. The Labute approximate surface area is 125 Å². The van der Waals surface area contributed by atoms with Crippen LogP contribution in [0.3, 0.4) is 0 Å². The first-order valence-corrected chi connectivity index (χ1v) is 7.41. The molecule has 0 fully saturated rings. The van der Waals surface area contributed by atoms with Crippen LogP contribution in [0.2, 0.25) is 0 Å². The number of rotatable bonds is 4. The van der Waals surface area contributed by atoms with Crippen molar-refractivity contribution in [3.63, 3.8) is 0 Å².